The minimum Gasteiger partial charge on any atom is -0.366 e. The van der Waals surface area contributed by atoms with Crippen LogP contribution in [0.4, 0.5) is 5.69 Å². The number of rotatable bonds is 3. The molecule has 106 valence electrons. The van der Waals surface area contributed by atoms with Gasteiger partial charge in [0, 0.05) is 28.0 Å². The summed E-state index contributed by atoms with van der Waals surface area (Å²) in [6, 6.07) is 4.32. The first kappa shape index (κ1) is 15.1. The summed E-state index contributed by atoms with van der Waals surface area (Å²) in [6.07, 6.45) is 2.49. The summed E-state index contributed by atoms with van der Waals surface area (Å²) in [7, 11) is -3.98. The molecule has 0 amide bonds. The van der Waals surface area contributed by atoms with E-state index in [2.05, 4.69) is 25.6 Å². The van der Waals surface area contributed by atoms with Gasteiger partial charge in [-0.15, -0.1) is 0 Å². The second kappa shape index (κ2) is 5.59. The average molecular weight is 378 g/mol. The van der Waals surface area contributed by atoms with Gasteiger partial charge in [-0.05, 0) is 40.5 Å². The fourth-order valence-electron chi connectivity index (χ4n) is 1.54. The third-order valence-corrected chi connectivity index (χ3v) is 5.02. The fraction of sp³-hybridized carbons (Fsp3) is 0.0833. The molecule has 0 aliphatic carbocycles. The van der Waals surface area contributed by atoms with Crippen molar-refractivity contribution >= 4 is 43.2 Å². The standard InChI is InChI=1S/C12H10BrClN2O3S/c1-7-4-8(13)10(5-9(7)14)16-20(18,19)12-6-15-3-2-11(12)17/h2-6,16H,1H3,(H,15,17). The molecule has 0 aliphatic rings. The minimum absolute atomic E-state index is 0.267. The van der Waals surface area contributed by atoms with Crippen LogP contribution in [-0.2, 0) is 10.0 Å². The van der Waals surface area contributed by atoms with E-state index in [1.807, 2.05) is 0 Å². The van der Waals surface area contributed by atoms with Crippen LogP contribution in [0.3, 0.4) is 0 Å². The van der Waals surface area contributed by atoms with Crippen LogP contribution in [0.5, 0.6) is 0 Å². The number of sulfonamides is 1. The van der Waals surface area contributed by atoms with Gasteiger partial charge in [0.25, 0.3) is 10.0 Å². The molecule has 0 saturated heterocycles. The molecule has 0 unspecified atom stereocenters. The fourth-order valence-corrected chi connectivity index (χ4v) is 3.51. The van der Waals surface area contributed by atoms with Crippen LogP contribution in [0.1, 0.15) is 5.56 Å². The molecule has 0 fully saturated rings. The number of aryl methyl sites for hydroxylation is 1. The molecule has 8 heteroatoms. The molecule has 0 bridgehead atoms. The molecule has 0 aliphatic heterocycles. The first-order valence-electron chi connectivity index (χ1n) is 5.47. The van der Waals surface area contributed by atoms with Crippen LogP contribution in [-0.4, -0.2) is 13.4 Å². The molecule has 0 radical (unpaired) electrons. The van der Waals surface area contributed by atoms with E-state index in [9.17, 15) is 13.2 Å². The zero-order valence-corrected chi connectivity index (χ0v) is 13.4. The minimum atomic E-state index is -3.98. The lowest BCUT2D eigenvalue weighted by Gasteiger charge is -2.10. The highest BCUT2D eigenvalue weighted by Crippen LogP contribution is 2.30. The highest BCUT2D eigenvalue weighted by molar-refractivity contribution is 9.10. The summed E-state index contributed by atoms with van der Waals surface area (Å²) >= 11 is 9.22. The highest BCUT2D eigenvalue weighted by atomic mass is 79.9. The molecule has 1 aromatic carbocycles. The number of pyridine rings is 1. The second-order valence-electron chi connectivity index (χ2n) is 4.06. The molecule has 1 heterocycles. The molecule has 5 nitrogen and oxygen atoms in total. The number of nitrogens with one attached hydrogen (secondary N) is 2. The predicted molar refractivity (Wildman–Crippen MR) is 81.8 cm³/mol. The molecule has 2 N–H and O–H groups in total. The second-order valence-corrected chi connectivity index (χ2v) is 6.97. The Morgan fingerprint density at radius 1 is 1.35 bits per heavy atom. The summed E-state index contributed by atoms with van der Waals surface area (Å²) in [6.45, 7) is 1.80. The van der Waals surface area contributed by atoms with Crippen LogP contribution >= 0.6 is 27.5 Å². The van der Waals surface area contributed by atoms with Gasteiger partial charge in [-0.1, -0.05) is 11.6 Å². The van der Waals surface area contributed by atoms with Crippen molar-refractivity contribution in [2.45, 2.75) is 11.8 Å². The molecule has 0 atom stereocenters. The SMILES string of the molecule is Cc1cc(Br)c(NS(=O)(=O)c2c[nH]ccc2=O)cc1Cl. The third kappa shape index (κ3) is 3.05. The molecular formula is C12H10BrClN2O3S. The van der Waals surface area contributed by atoms with E-state index in [-0.39, 0.29) is 10.6 Å². The van der Waals surface area contributed by atoms with Crippen molar-refractivity contribution in [2.75, 3.05) is 4.72 Å². The van der Waals surface area contributed by atoms with Gasteiger partial charge in [-0.25, -0.2) is 8.42 Å². The van der Waals surface area contributed by atoms with E-state index < -0.39 is 15.5 Å². The van der Waals surface area contributed by atoms with Crippen molar-refractivity contribution in [1.82, 2.24) is 4.98 Å². The Kier molecular flexibility index (Phi) is 4.22. The van der Waals surface area contributed by atoms with E-state index >= 15 is 0 Å². The number of hydrogen-bond acceptors (Lipinski definition) is 3. The van der Waals surface area contributed by atoms with Crippen molar-refractivity contribution < 1.29 is 8.42 Å². The first-order chi connectivity index (χ1) is 9.31. The number of anilines is 1. The van der Waals surface area contributed by atoms with Gasteiger partial charge >= 0.3 is 0 Å². The number of halogens is 2. The average Bonchev–Trinajstić information content (AvgIpc) is 2.36. The summed E-state index contributed by atoms with van der Waals surface area (Å²) in [4.78, 5) is 13.8. The van der Waals surface area contributed by atoms with Crippen molar-refractivity contribution in [3.63, 3.8) is 0 Å². The largest absolute Gasteiger partial charge is 0.366 e. The van der Waals surface area contributed by atoms with Gasteiger partial charge in [-0.2, -0.15) is 0 Å². The first-order valence-corrected chi connectivity index (χ1v) is 8.12. The Morgan fingerprint density at radius 3 is 2.70 bits per heavy atom. The van der Waals surface area contributed by atoms with Gasteiger partial charge in [0.15, 0.2) is 4.90 Å². The van der Waals surface area contributed by atoms with Gasteiger partial charge < -0.3 is 4.98 Å². The molecule has 0 saturated carbocycles. The quantitative estimate of drug-likeness (QED) is 0.863. The summed E-state index contributed by atoms with van der Waals surface area (Å²) in [5, 5.41) is 0.424. The summed E-state index contributed by atoms with van der Waals surface area (Å²) < 4.78 is 27.2. The lowest BCUT2D eigenvalue weighted by atomic mass is 10.2. The monoisotopic (exact) mass is 376 g/mol. The number of aromatic nitrogens is 1. The van der Waals surface area contributed by atoms with E-state index in [4.69, 9.17) is 11.6 Å². The molecule has 2 aromatic rings. The molecule has 1 aromatic heterocycles. The normalized spacial score (nSPS) is 11.3. The maximum Gasteiger partial charge on any atom is 0.267 e. The van der Waals surface area contributed by atoms with Crippen LogP contribution in [0.15, 0.2) is 44.8 Å². The van der Waals surface area contributed by atoms with Gasteiger partial charge in [0.1, 0.15) is 0 Å². The number of H-pyrrole nitrogens is 1. The zero-order chi connectivity index (χ0) is 14.9. The molecule has 2 rings (SSSR count). The maximum absolute atomic E-state index is 12.2. The number of hydrogen-bond donors (Lipinski definition) is 2. The Labute approximate surface area is 129 Å². The van der Waals surface area contributed by atoms with Crippen LogP contribution < -0.4 is 10.2 Å². The predicted octanol–water partition coefficient (Wildman–Crippen LogP) is 2.90. The van der Waals surface area contributed by atoms with Gasteiger partial charge in [-0.3, -0.25) is 9.52 Å². The lowest BCUT2D eigenvalue weighted by Crippen LogP contribution is -2.21. The Balaban J connectivity index is 2.47. The lowest BCUT2D eigenvalue weighted by molar-refractivity contribution is 0.600. The van der Waals surface area contributed by atoms with E-state index in [1.165, 1.54) is 12.3 Å². The Morgan fingerprint density at radius 2 is 2.05 bits per heavy atom. The highest BCUT2D eigenvalue weighted by Gasteiger charge is 2.19. The van der Waals surface area contributed by atoms with Crippen molar-refractivity contribution in [1.29, 1.82) is 0 Å². The van der Waals surface area contributed by atoms with E-state index in [0.29, 0.717) is 9.50 Å². The Hall–Kier alpha value is -1.31. The van der Waals surface area contributed by atoms with Crippen LogP contribution in [0.2, 0.25) is 5.02 Å². The smallest absolute Gasteiger partial charge is 0.267 e. The topological polar surface area (TPSA) is 79.0 Å². The van der Waals surface area contributed by atoms with Crippen LogP contribution in [0.25, 0.3) is 0 Å². The molecule has 20 heavy (non-hydrogen) atoms. The van der Waals surface area contributed by atoms with Crippen LogP contribution in [0, 0.1) is 6.92 Å². The number of benzene rings is 1. The van der Waals surface area contributed by atoms with E-state index in [0.717, 1.165) is 17.8 Å². The summed E-state index contributed by atoms with van der Waals surface area (Å²) in [5.41, 5.74) is 0.480. The number of aromatic amines is 1. The van der Waals surface area contributed by atoms with Gasteiger partial charge in [0.05, 0.1) is 5.69 Å². The van der Waals surface area contributed by atoms with Crippen molar-refractivity contribution in [2.24, 2.45) is 0 Å². The summed E-state index contributed by atoms with van der Waals surface area (Å²) in [5.74, 6) is 0. The van der Waals surface area contributed by atoms with Crippen molar-refractivity contribution in [3.8, 4) is 0 Å². The Bertz CT molecular complexity index is 818. The maximum atomic E-state index is 12.2. The third-order valence-electron chi connectivity index (χ3n) is 2.57. The zero-order valence-electron chi connectivity index (χ0n) is 10.3. The molecule has 0 spiro atoms. The van der Waals surface area contributed by atoms with Crippen molar-refractivity contribution in [3.05, 3.63) is 55.9 Å². The van der Waals surface area contributed by atoms with Gasteiger partial charge in [0.2, 0.25) is 5.43 Å². The van der Waals surface area contributed by atoms with E-state index in [1.54, 1.807) is 13.0 Å². The molecular weight excluding hydrogens is 368 g/mol.